The summed E-state index contributed by atoms with van der Waals surface area (Å²) in [6, 6.07) is 16.3. The first kappa shape index (κ1) is 31.5. The molecular weight excluding hydrogens is 561 g/mol. The lowest BCUT2D eigenvalue weighted by molar-refractivity contribution is -0.123. The fourth-order valence-electron chi connectivity index (χ4n) is 4.44. The Bertz CT molecular complexity index is 1510. The number of nitrogens with one attached hydrogen (secondary N) is 5. The molecule has 0 aliphatic carbocycles. The highest BCUT2D eigenvalue weighted by Gasteiger charge is 2.22. The summed E-state index contributed by atoms with van der Waals surface area (Å²) in [7, 11) is 3.80. The number of H-pyrrole nitrogens is 2. The third kappa shape index (κ3) is 10.1. The van der Waals surface area contributed by atoms with Crippen LogP contribution in [0.1, 0.15) is 60.2 Å². The first-order valence-electron chi connectivity index (χ1n) is 14.4. The molecule has 4 aromatic rings. The van der Waals surface area contributed by atoms with Crippen molar-refractivity contribution in [1.29, 1.82) is 0 Å². The Morgan fingerprint density at radius 3 is 2.30 bits per heavy atom. The number of carbonyl (C=O) groups excluding carboxylic acids is 2. The van der Waals surface area contributed by atoms with E-state index in [4.69, 9.17) is 0 Å². The molecule has 224 valence electrons. The molecule has 2 heterocycles. The van der Waals surface area contributed by atoms with Crippen molar-refractivity contribution in [3.05, 3.63) is 95.5 Å². The third-order valence-electron chi connectivity index (χ3n) is 6.76. The number of carbonyl (C=O) groups is 2. The topological polar surface area (TPSA) is 137 Å². The average molecular weight is 600 g/mol. The van der Waals surface area contributed by atoms with E-state index in [1.165, 1.54) is 7.11 Å². The molecule has 2 aromatic heterocycles. The van der Waals surface area contributed by atoms with E-state index in [0.29, 0.717) is 12.1 Å². The molecule has 43 heavy (non-hydrogen) atoms. The van der Waals surface area contributed by atoms with Crippen molar-refractivity contribution in [3.63, 3.8) is 0 Å². The Morgan fingerprint density at radius 1 is 0.884 bits per heavy atom. The highest BCUT2D eigenvalue weighted by Crippen LogP contribution is 2.18. The van der Waals surface area contributed by atoms with Crippen LogP contribution in [0.25, 0.3) is 11.3 Å². The predicted molar refractivity (Wildman–Crippen MR) is 170 cm³/mol. The normalized spacial score (nSPS) is 11.3. The zero-order valence-corrected chi connectivity index (χ0v) is 25.4. The fourth-order valence-corrected chi connectivity index (χ4v) is 4.64. The molecule has 0 fully saturated rings. The van der Waals surface area contributed by atoms with Gasteiger partial charge in [0.1, 0.15) is 23.4 Å². The molecule has 11 heteroatoms. The number of nitrogens with zero attached hydrogens (tertiary/aromatic N) is 2. The first-order valence-corrected chi connectivity index (χ1v) is 14.9. The molecule has 0 spiro atoms. The van der Waals surface area contributed by atoms with Crippen molar-refractivity contribution in [2.45, 2.75) is 44.6 Å². The number of imidazole rings is 2. The number of ether oxygens (including phenoxy) is 1. The minimum Gasteiger partial charge on any atom is -0.453 e. The van der Waals surface area contributed by atoms with Gasteiger partial charge >= 0.3 is 6.09 Å². The van der Waals surface area contributed by atoms with Crippen LogP contribution in [0.4, 0.5) is 4.79 Å². The van der Waals surface area contributed by atoms with Gasteiger partial charge < -0.3 is 30.4 Å². The first-order chi connectivity index (χ1) is 21.1. The molecule has 10 nitrogen and oxygen atoms in total. The number of aromatic amines is 2. The summed E-state index contributed by atoms with van der Waals surface area (Å²) in [5.41, 5.74) is 4.43. The lowest BCUT2D eigenvalue weighted by atomic mass is 10.1. The van der Waals surface area contributed by atoms with Crippen molar-refractivity contribution in [2.75, 3.05) is 20.2 Å². The molecule has 2 amide bonds. The average Bonchev–Trinajstić information content (AvgIpc) is 3.71. The number of hydrogen-bond donors (Lipinski definition) is 5. The van der Waals surface area contributed by atoms with E-state index in [0.717, 1.165) is 79.2 Å². The molecule has 2 atom stereocenters. The van der Waals surface area contributed by atoms with Gasteiger partial charge in [0.15, 0.2) is 0 Å². The van der Waals surface area contributed by atoms with E-state index in [9.17, 15) is 9.59 Å². The van der Waals surface area contributed by atoms with Crippen molar-refractivity contribution in [3.8, 4) is 23.1 Å². The number of methoxy groups -OCH3 is 1. The second-order valence-electron chi connectivity index (χ2n) is 9.95. The Balaban J connectivity index is 1.20. The van der Waals surface area contributed by atoms with Gasteiger partial charge in [0.25, 0.3) is 0 Å². The van der Waals surface area contributed by atoms with Crippen LogP contribution >= 0.6 is 9.39 Å². The van der Waals surface area contributed by atoms with Crippen LogP contribution in [-0.4, -0.2) is 52.1 Å². The summed E-state index contributed by atoms with van der Waals surface area (Å²) in [6.45, 7) is 1.46. The van der Waals surface area contributed by atoms with Crippen molar-refractivity contribution < 1.29 is 14.3 Å². The summed E-state index contributed by atoms with van der Waals surface area (Å²) in [6.07, 6.45) is 8.41. The summed E-state index contributed by atoms with van der Waals surface area (Å²) in [5.74, 6) is 7.90. The molecule has 0 saturated carbocycles. The maximum Gasteiger partial charge on any atom is 0.407 e. The molecule has 4 rings (SSSR count). The van der Waals surface area contributed by atoms with Crippen LogP contribution in [0.15, 0.2) is 67.0 Å². The van der Waals surface area contributed by atoms with Gasteiger partial charge in [-0.2, -0.15) is 0 Å². The molecule has 0 bridgehead atoms. The Hall–Kier alpha value is -4.45. The van der Waals surface area contributed by atoms with Crippen LogP contribution in [0.3, 0.4) is 0 Å². The number of aromatic nitrogens is 4. The maximum atomic E-state index is 12.7. The zero-order chi connectivity index (χ0) is 30.3. The number of amides is 2. The lowest BCUT2D eigenvalue weighted by Crippen LogP contribution is -2.40. The van der Waals surface area contributed by atoms with E-state index in [1.807, 2.05) is 48.7 Å². The minimum atomic E-state index is -0.822. The van der Waals surface area contributed by atoms with Gasteiger partial charge in [0.2, 0.25) is 5.91 Å². The van der Waals surface area contributed by atoms with E-state index in [2.05, 4.69) is 61.6 Å². The molecule has 0 aliphatic heterocycles. The summed E-state index contributed by atoms with van der Waals surface area (Å²) >= 11 is 0. The van der Waals surface area contributed by atoms with Gasteiger partial charge in [0.05, 0.1) is 25.2 Å². The highest BCUT2D eigenvalue weighted by atomic mass is 31.0. The van der Waals surface area contributed by atoms with Gasteiger partial charge in [-0.25, -0.2) is 14.8 Å². The van der Waals surface area contributed by atoms with E-state index >= 15 is 0 Å². The summed E-state index contributed by atoms with van der Waals surface area (Å²) in [4.78, 5) is 40.1. The van der Waals surface area contributed by atoms with E-state index in [1.54, 1.807) is 18.3 Å². The Morgan fingerprint density at radius 2 is 1.58 bits per heavy atom. The Labute approximate surface area is 254 Å². The van der Waals surface area contributed by atoms with Crippen molar-refractivity contribution in [1.82, 2.24) is 35.7 Å². The Kier molecular flexibility index (Phi) is 12.3. The van der Waals surface area contributed by atoms with E-state index < -0.39 is 12.1 Å². The van der Waals surface area contributed by atoms with Gasteiger partial charge in [-0.15, -0.1) is 0 Å². The number of hydrogen-bond acceptors (Lipinski definition) is 6. The maximum absolute atomic E-state index is 12.7. The molecular formula is C32H38N7O3P. The van der Waals surface area contributed by atoms with Crippen LogP contribution in [0, 0.1) is 11.8 Å². The number of rotatable bonds is 14. The van der Waals surface area contributed by atoms with Crippen molar-refractivity contribution in [2.24, 2.45) is 0 Å². The van der Waals surface area contributed by atoms with Crippen LogP contribution in [0.2, 0.25) is 0 Å². The molecule has 0 saturated heterocycles. The van der Waals surface area contributed by atoms with E-state index in [-0.39, 0.29) is 5.91 Å². The molecule has 5 N–H and O–H groups in total. The minimum absolute atomic E-state index is 0.287. The number of unbranched alkanes of at least 4 members (excludes halogenated alkanes) is 2. The monoisotopic (exact) mass is 599 g/mol. The second-order valence-corrected chi connectivity index (χ2v) is 10.4. The molecule has 2 aromatic carbocycles. The molecule has 0 aliphatic rings. The second kappa shape index (κ2) is 16.9. The highest BCUT2D eigenvalue weighted by molar-refractivity contribution is 7.13. The summed E-state index contributed by atoms with van der Waals surface area (Å²) < 4.78 is 4.67. The zero-order valence-electron chi connectivity index (χ0n) is 24.3. The predicted octanol–water partition coefficient (Wildman–Crippen LogP) is 4.44. The fraction of sp³-hybridized carbons (Fsp3) is 0.312. The SMILES string of the molecule is COC(=O)NC(C(=O)NCCCCc1ncc(C#Cc2ccc(-c3cnc(CCCCNP)[nH]3)cc2)[nH]1)c1ccccc1. The molecule has 2 unspecified atom stereocenters. The summed E-state index contributed by atoms with van der Waals surface area (Å²) in [5, 5.41) is 8.57. The van der Waals surface area contributed by atoms with Crippen LogP contribution < -0.4 is 15.7 Å². The van der Waals surface area contributed by atoms with Gasteiger partial charge in [-0.1, -0.05) is 57.8 Å². The van der Waals surface area contributed by atoms with Crippen LogP contribution in [-0.2, 0) is 22.4 Å². The third-order valence-corrected chi connectivity index (χ3v) is 7.05. The number of aryl methyl sites for hydroxylation is 2. The smallest absolute Gasteiger partial charge is 0.407 e. The lowest BCUT2D eigenvalue weighted by Gasteiger charge is -2.18. The molecule has 0 radical (unpaired) electrons. The quantitative estimate of drug-likeness (QED) is 0.0826. The number of benzene rings is 2. The van der Waals surface area contributed by atoms with Crippen molar-refractivity contribution >= 4 is 21.4 Å². The standard InChI is InChI=1S/C32H38N7O3P/c1-42-32(41)39-30(25-9-3-2-4-10-25)31(40)33-19-7-5-11-28-34-21-26(37-28)18-15-23-13-16-24(17-14-23)27-22-35-29(38-27)12-6-8-20-36-43/h2-4,9-10,13-14,16-17,21-22,30,36H,5-8,11-12,19-20,43H2,1H3,(H,33,40)(H,34,37)(H,35,38)(H,39,41). The largest absolute Gasteiger partial charge is 0.453 e. The van der Waals surface area contributed by atoms with Crippen LogP contribution in [0.5, 0.6) is 0 Å². The van der Waals surface area contributed by atoms with Gasteiger partial charge in [0, 0.05) is 24.9 Å². The van der Waals surface area contributed by atoms with Gasteiger partial charge in [-0.05, 0) is 61.4 Å². The van der Waals surface area contributed by atoms with Gasteiger partial charge in [-0.3, -0.25) is 4.79 Å². The number of alkyl carbamates (subject to hydrolysis) is 1.